The van der Waals surface area contributed by atoms with Gasteiger partial charge in [0.1, 0.15) is 11.5 Å². The zero-order valence-corrected chi connectivity index (χ0v) is 13.9. The maximum Gasteiger partial charge on any atom is 0.166 e. The summed E-state index contributed by atoms with van der Waals surface area (Å²) >= 11 is 19.7. The van der Waals surface area contributed by atoms with Crippen LogP contribution in [0.2, 0.25) is 15.1 Å². The Kier molecular flexibility index (Phi) is 4.22. The van der Waals surface area contributed by atoms with Crippen LogP contribution in [0.1, 0.15) is 0 Å². The molecular weight excluding hydrogens is 351 g/mol. The van der Waals surface area contributed by atoms with Gasteiger partial charge in [-0.3, -0.25) is 0 Å². The summed E-state index contributed by atoms with van der Waals surface area (Å²) in [5.74, 6) is 0.982. The van der Waals surface area contributed by atoms with E-state index in [1.165, 1.54) is 11.8 Å². The van der Waals surface area contributed by atoms with Gasteiger partial charge in [-0.05, 0) is 30.5 Å². The molecule has 0 unspecified atom stereocenters. The molecule has 2 aromatic carbocycles. The molecule has 0 spiro atoms. The molecule has 0 atom stereocenters. The lowest BCUT2D eigenvalue weighted by atomic mass is 10.3. The molecule has 0 amide bonds. The third-order valence-corrected chi connectivity index (χ3v) is 4.23. The van der Waals surface area contributed by atoms with E-state index in [0.29, 0.717) is 26.6 Å². The third kappa shape index (κ3) is 3.09. The first-order valence-electron chi connectivity index (χ1n) is 5.93. The number of rotatable bonds is 3. The Labute approximate surface area is 140 Å². The standard InChI is InChI=1S/C14H9Cl3N2OS/c1-21-14-18-10-5-9(17)13(6-11(10)19-14)20-12-3-2-7(15)4-8(12)16/h2-6H,1H3,(H,18,19). The largest absolute Gasteiger partial charge is 0.454 e. The molecule has 21 heavy (non-hydrogen) atoms. The summed E-state index contributed by atoms with van der Waals surface area (Å²) in [6.45, 7) is 0. The number of hydrogen-bond acceptors (Lipinski definition) is 3. The van der Waals surface area contributed by atoms with Crippen molar-refractivity contribution in [3.63, 3.8) is 0 Å². The normalized spacial score (nSPS) is 11.0. The van der Waals surface area contributed by atoms with Gasteiger partial charge in [-0.2, -0.15) is 0 Å². The Hall–Kier alpha value is -1.07. The fourth-order valence-corrected chi connectivity index (χ4v) is 2.89. The maximum atomic E-state index is 6.24. The number of nitrogens with zero attached hydrogens (tertiary/aromatic N) is 1. The van der Waals surface area contributed by atoms with Crippen molar-refractivity contribution in [2.24, 2.45) is 0 Å². The highest BCUT2D eigenvalue weighted by atomic mass is 35.5. The second-order valence-electron chi connectivity index (χ2n) is 4.22. The van der Waals surface area contributed by atoms with E-state index in [-0.39, 0.29) is 0 Å². The Morgan fingerprint density at radius 3 is 2.52 bits per heavy atom. The predicted octanol–water partition coefficient (Wildman–Crippen LogP) is 6.04. The number of fused-ring (bicyclic) bond motifs is 1. The molecule has 1 aromatic heterocycles. The molecule has 3 aromatic rings. The van der Waals surface area contributed by atoms with E-state index in [0.717, 1.165) is 16.2 Å². The van der Waals surface area contributed by atoms with Crippen LogP contribution < -0.4 is 4.74 Å². The minimum atomic E-state index is 0.422. The van der Waals surface area contributed by atoms with Crippen molar-refractivity contribution in [3.8, 4) is 11.5 Å². The van der Waals surface area contributed by atoms with Crippen molar-refractivity contribution in [2.45, 2.75) is 5.16 Å². The minimum Gasteiger partial charge on any atom is -0.454 e. The van der Waals surface area contributed by atoms with Gasteiger partial charge in [-0.15, -0.1) is 0 Å². The van der Waals surface area contributed by atoms with Gasteiger partial charge in [-0.1, -0.05) is 46.6 Å². The Morgan fingerprint density at radius 2 is 1.81 bits per heavy atom. The van der Waals surface area contributed by atoms with E-state index >= 15 is 0 Å². The van der Waals surface area contributed by atoms with Crippen LogP contribution in [0.25, 0.3) is 11.0 Å². The summed E-state index contributed by atoms with van der Waals surface area (Å²) in [6.07, 6.45) is 1.95. The highest BCUT2D eigenvalue weighted by molar-refractivity contribution is 7.98. The molecule has 0 aliphatic carbocycles. The van der Waals surface area contributed by atoms with E-state index in [4.69, 9.17) is 39.5 Å². The molecule has 0 saturated heterocycles. The van der Waals surface area contributed by atoms with Gasteiger partial charge < -0.3 is 9.72 Å². The van der Waals surface area contributed by atoms with Crippen LogP contribution in [0.5, 0.6) is 11.5 Å². The monoisotopic (exact) mass is 358 g/mol. The average Bonchev–Trinajstić information content (AvgIpc) is 2.84. The number of benzene rings is 2. The number of ether oxygens (including phenoxy) is 1. The van der Waals surface area contributed by atoms with Crippen molar-refractivity contribution < 1.29 is 4.74 Å². The van der Waals surface area contributed by atoms with Gasteiger partial charge in [0.25, 0.3) is 0 Å². The number of aromatic amines is 1. The molecule has 0 radical (unpaired) electrons. The smallest absolute Gasteiger partial charge is 0.166 e. The topological polar surface area (TPSA) is 37.9 Å². The highest BCUT2D eigenvalue weighted by Crippen LogP contribution is 2.37. The highest BCUT2D eigenvalue weighted by Gasteiger charge is 2.11. The van der Waals surface area contributed by atoms with Crippen LogP contribution in [-0.2, 0) is 0 Å². The lowest BCUT2D eigenvalue weighted by Gasteiger charge is -2.09. The Balaban J connectivity index is 2.01. The van der Waals surface area contributed by atoms with Crippen LogP contribution in [0.4, 0.5) is 0 Å². The average molecular weight is 360 g/mol. The fraction of sp³-hybridized carbons (Fsp3) is 0.0714. The Bertz CT molecular complexity index is 819. The molecule has 0 bridgehead atoms. The molecular formula is C14H9Cl3N2OS. The van der Waals surface area contributed by atoms with E-state index in [1.54, 1.807) is 30.3 Å². The van der Waals surface area contributed by atoms with Crippen molar-refractivity contribution in [3.05, 3.63) is 45.4 Å². The molecule has 0 aliphatic rings. The molecule has 0 aliphatic heterocycles. The van der Waals surface area contributed by atoms with Crippen LogP contribution in [0, 0.1) is 0 Å². The lowest BCUT2D eigenvalue weighted by molar-refractivity contribution is 0.484. The van der Waals surface area contributed by atoms with Crippen molar-refractivity contribution in [2.75, 3.05) is 6.26 Å². The molecule has 1 N–H and O–H groups in total. The summed E-state index contributed by atoms with van der Waals surface area (Å²) in [6, 6.07) is 8.57. The zero-order chi connectivity index (χ0) is 15.0. The summed E-state index contributed by atoms with van der Waals surface area (Å²) in [5, 5.41) is 2.27. The molecule has 108 valence electrons. The van der Waals surface area contributed by atoms with Gasteiger partial charge in [0.05, 0.1) is 21.1 Å². The summed E-state index contributed by atoms with van der Waals surface area (Å²) in [7, 11) is 0. The quantitative estimate of drug-likeness (QED) is 0.579. The van der Waals surface area contributed by atoms with E-state index in [9.17, 15) is 0 Å². The molecule has 0 fully saturated rings. The predicted molar refractivity (Wildman–Crippen MR) is 89.4 cm³/mol. The van der Waals surface area contributed by atoms with Gasteiger partial charge in [0, 0.05) is 11.1 Å². The first kappa shape index (κ1) is 14.9. The zero-order valence-electron chi connectivity index (χ0n) is 10.8. The molecule has 3 rings (SSSR count). The van der Waals surface area contributed by atoms with E-state index in [1.807, 2.05) is 6.26 Å². The van der Waals surface area contributed by atoms with Crippen molar-refractivity contribution in [1.82, 2.24) is 9.97 Å². The maximum absolute atomic E-state index is 6.24. The van der Waals surface area contributed by atoms with Gasteiger partial charge in [0.15, 0.2) is 5.16 Å². The third-order valence-electron chi connectivity index (χ3n) is 2.82. The SMILES string of the molecule is CSc1nc2cc(Oc3ccc(Cl)cc3Cl)c(Cl)cc2[nH]1. The molecule has 3 nitrogen and oxygen atoms in total. The summed E-state index contributed by atoms with van der Waals surface area (Å²) in [5.41, 5.74) is 1.64. The number of aromatic nitrogens is 2. The van der Waals surface area contributed by atoms with Gasteiger partial charge in [0.2, 0.25) is 0 Å². The first-order chi connectivity index (χ1) is 10.1. The summed E-state index contributed by atoms with van der Waals surface area (Å²) in [4.78, 5) is 7.59. The second-order valence-corrected chi connectivity index (χ2v) is 6.27. The first-order valence-corrected chi connectivity index (χ1v) is 8.29. The number of nitrogens with one attached hydrogen (secondary N) is 1. The van der Waals surface area contributed by atoms with Crippen molar-refractivity contribution >= 4 is 57.6 Å². The van der Waals surface area contributed by atoms with Gasteiger partial charge in [-0.25, -0.2) is 4.98 Å². The van der Waals surface area contributed by atoms with Crippen LogP contribution >= 0.6 is 46.6 Å². The van der Waals surface area contributed by atoms with Crippen LogP contribution in [-0.4, -0.2) is 16.2 Å². The van der Waals surface area contributed by atoms with Crippen molar-refractivity contribution in [1.29, 1.82) is 0 Å². The van der Waals surface area contributed by atoms with E-state index < -0.39 is 0 Å². The number of H-pyrrole nitrogens is 1. The Morgan fingerprint density at radius 1 is 1.05 bits per heavy atom. The minimum absolute atomic E-state index is 0.422. The number of thioether (sulfide) groups is 1. The number of imidazole rings is 1. The van der Waals surface area contributed by atoms with Crippen LogP contribution in [0.3, 0.4) is 0 Å². The van der Waals surface area contributed by atoms with Gasteiger partial charge >= 0.3 is 0 Å². The number of hydrogen-bond donors (Lipinski definition) is 1. The molecule has 1 heterocycles. The lowest BCUT2D eigenvalue weighted by Crippen LogP contribution is -1.87. The second kappa shape index (κ2) is 5.97. The molecule has 7 heteroatoms. The summed E-state index contributed by atoms with van der Waals surface area (Å²) < 4.78 is 5.76. The molecule has 0 saturated carbocycles. The fourth-order valence-electron chi connectivity index (χ4n) is 1.84. The van der Waals surface area contributed by atoms with E-state index in [2.05, 4.69) is 9.97 Å². The number of halogens is 3. The van der Waals surface area contributed by atoms with Crippen LogP contribution in [0.15, 0.2) is 35.5 Å².